The Morgan fingerprint density at radius 2 is 1.96 bits per heavy atom. The Hall–Kier alpha value is -2.80. The van der Waals surface area contributed by atoms with Gasteiger partial charge in [0.25, 0.3) is 0 Å². The molecule has 0 aliphatic heterocycles. The van der Waals surface area contributed by atoms with E-state index >= 15 is 0 Å². The van der Waals surface area contributed by atoms with Crippen molar-refractivity contribution in [3.8, 4) is 17.1 Å². The topological polar surface area (TPSA) is 79.9 Å². The number of ether oxygens (including phenoxy) is 1. The zero-order chi connectivity index (χ0) is 19.2. The summed E-state index contributed by atoms with van der Waals surface area (Å²) in [6, 6.07) is 15.7. The molecule has 0 spiro atoms. The van der Waals surface area contributed by atoms with Gasteiger partial charge in [-0.05, 0) is 19.9 Å². The number of thioether (sulfide) groups is 1. The molecule has 2 N–H and O–H groups in total. The molecule has 0 saturated carbocycles. The number of nitrogens with one attached hydrogen (secondary N) is 2. The number of carbonyl (C=O) groups is 1. The van der Waals surface area contributed by atoms with Gasteiger partial charge in [-0.2, -0.15) is 0 Å². The maximum Gasteiger partial charge on any atom is 0.233 e. The first-order valence-corrected chi connectivity index (χ1v) is 9.50. The van der Waals surface area contributed by atoms with Gasteiger partial charge in [0.15, 0.2) is 5.82 Å². The van der Waals surface area contributed by atoms with Crippen LogP contribution in [0.2, 0.25) is 0 Å². The predicted molar refractivity (Wildman–Crippen MR) is 107 cm³/mol. The quantitative estimate of drug-likeness (QED) is 0.611. The van der Waals surface area contributed by atoms with Gasteiger partial charge in [-0.3, -0.25) is 9.89 Å². The van der Waals surface area contributed by atoms with Gasteiger partial charge >= 0.3 is 0 Å². The van der Waals surface area contributed by atoms with Crippen molar-refractivity contribution in [2.45, 2.75) is 30.8 Å². The van der Waals surface area contributed by atoms with Crippen LogP contribution in [0.4, 0.5) is 0 Å². The Morgan fingerprint density at radius 1 is 1.22 bits per heavy atom. The number of aromatic nitrogens is 3. The van der Waals surface area contributed by atoms with E-state index in [0.29, 0.717) is 17.5 Å². The van der Waals surface area contributed by atoms with E-state index in [0.717, 1.165) is 16.9 Å². The number of nitrogens with zero attached hydrogens (tertiary/aromatic N) is 2. The van der Waals surface area contributed by atoms with Gasteiger partial charge in [-0.15, -0.1) is 5.10 Å². The summed E-state index contributed by atoms with van der Waals surface area (Å²) in [5.74, 6) is 1.38. The highest BCUT2D eigenvalue weighted by Crippen LogP contribution is 2.23. The van der Waals surface area contributed by atoms with Crippen molar-refractivity contribution in [2.24, 2.45) is 0 Å². The van der Waals surface area contributed by atoms with Crippen molar-refractivity contribution >= 4 is 17.7 Å². The van der Waals surface area contributed by atoms with Gasteiger partial charge in [-0.1, -0.05) is 59.8 Å². The van der Waals surface area contributed by atoms with Crippen molar-refractivity contribution in [3.63, 3.8) is 0 Å². The van der Waals surface area contributed by atoms with E-state index in [-0.39, 0.29) is 11.2 Å². The molecular formula is C20H22N4O2S. The number of methoxy groups -OCH3 is 1. The highest BCUT2D eigenvalue weighted by molar-refractivity contribution is 8.00. The minimum atomic E-state index is -0.318. The zero-order valence-corrected chi connectivity index (χ0v) is 16.3. The highest BCUT2D eigenvalue weighted by Gasteiger charge is 2.17. The average Bonchev–Trinajstić information content (AvgIpc) is 3.15. The van der Waals surface area contributed by atoms with E-state index in [2.05, 4.69) is 20.5 Å². The number of hydrogen-bond acceptors (Lipinski definition) is 5. The van der Waals surface area contributed by atoms with Crippen LogP contribution >= 0.6 is 11.8 Å². The summed E-state index contributed by atoms with van der Waals surface area (Å²) >= 11 is 1.32. The highest BCUT2D eigenvalue weighted by atomic mass is 32.2. The van der Waals surface area contributed by atoms with Crippen LogP contribution in [0.3, 0.4) is 0 Å². The summed E-state index contributed by atoms with van der Waals surface area (Å²) in [7, 11) is 1.62. The maximum absolute atomic E-state index is 12.4. The number of H-pyrrole nitrogens is 1. The van der Waals surface area contributed by atoms with Crippen molar-refractivity contribution in [3.05, 3.63) is 59.7 Å². The molecule has 1 aromatic heterocycles. The van der Waals surface area contributed by atoms with Crippen LogP contribution < -0.4 is 10.1 Å². The summed E-state index contributed by atoms with van der Waals surface area (Å²) in [6.07, 6.45) is 0. The SMILES string of the molecule is COc1ccccc1CNC(=O)[C@@H](C)Sc1n[nH]c(-c2ccc(C)cc2)n1. The first kappa shape index (κ1) is 19.0. The summed E-state index contributed by atoms with van der Waals surface area (Å²) in [5, 5.41) is 10.3. The predicted octanol–water partition coefficient (Wildman–Crippen LogP) is 3.59. The molecular weight excluding hydrogens is 360 g/mol. The molecule has 1 amide bonds. The molecule has 0 aliphatic rings. The number of hydrogen-bond donors (Lipinski definition) is 2. The number of aromatic amines is 1. The lowest BCUT2D eigenvalue weighted by Crippen LogP contribution is -2.30. The average molecular weight is 382 g/mol. The molecule has 1 heterocycles. The van der Waals surface area contributed by atoms with Crippen LogP contribution in [-0.4, -0.2) is 33.4 Å². The number of carbonyl (C=O) groups excluding carboxylic acids is 1. The van der Waals surface area contributed by atoms with Crippen molar-refractivity contribution in [1.82, 2.24) is 20.5 Å². The number of aryl methyl sites for hydroxylation is 1. The fourth-order valence-electron chi connectivity index (χ4n) is 2.53. The lowest BCUT2D eigenvalue weighted by Gasteiger charge is -2.12. The van der Waals surface area contributed by atoms with E-state index in [1.807, 2.05) is 62.4 Å². The van der Waals surface area contributed by atoms with Gasteiger partial charge in [0, 0.05) is 17.7 Å². The smallest absolute Gasteiger partial charge is 0.233 e. The molecule has 0 radical (unpaired) electrons. The maximum atomic E-state index is 12.4. The standard InChI is InChI=1S/C20H22N4O2S/c1-13-8-10-15(11-9-13)18-22-20(24-23-18)27-14(2)19(25)21-12-16-6-4-5-7-17(16)26-3/h4-11,14H,12H2,1-3H3,(H,21,25)(H,22,23,24)/t14-/m1/s1. The largest absolute Gasteiger partial charge is 0.496 e. The van der Waals surface area contributed by atoms with E-state index in [9.17, 15) is 4.79 Å². The molecule has 140 valence electrons. The van der Waals surface area contributed by atoms with E-state index in [4.69, 9.17) is 4.74 Å². The zero-order valence-electron chi connectivity index (χ0n) is 15.5. The van der Waals surface area contributed by atoms with Gasteiger partial charge < -0.3 is 10.1 Å². The molecule has 3 aromatic rings. The molecule has 27 heavy (non-hydrogen) atoms. The van der Waals surface area contributed by atoms with Gasteiger partial charge in [0.2, 0.25) is 11.1 Å². The number of amides is 1. The van der Waals surface area contributed by atoms with Gasteiger partial charge in [-0.25, -0.2) is 4.98 Å². The summed E-state index contributed by atoms with van der Waals surface area (Å²) in [6.45, 7) is 4.29. The van der Waals surface area contributed by atoms with E-state index in [1.165, 1.54) is 17.3 Å². The Bertz CT molecular complexity index is 908. The molecule has 0 aliphatic carbocycles. The van der Waals surface area contributed by atoms with Crippen LogP contribution in [0, 0.1) is 6.92 Å². The van der Waals surface area contributed by atoms with Crippen molar-refractivity contribution in [2.75, 3.05) is 7.11 Å². The third-order valence-electron chi connectivity index (χ3n) is 4.09. The van der Waals surface area contributed by atoms with Crippen LogP contribution in [0.1, 0.15) is 18.1 Å². The molecule has 1 atom stereocenters. The van der Waals surface area contributed by atoms with Crippen LogP contribution in [0.25, 0.3) is 11.4 Å². The number of benzene rings is 2. The molecule has 0 bridgehead atoms. The number of para-hydroxylation sites is 1. The van der Waals surface area contributed by atoms with Crippen molar-refractivity contribution in [1.29, 1.82) is 0 Å². The van der Waals surface area contributed by atoms with E-state index < -0.39 is 0 Å². The molecule has 3 rings (SSSR count). The Kier molecular flexibility index (Phi) is 6.13. The third kappa shape index (κ3) is 4.89. The fourth-order valence-corrected chi connectivity index (χ4v) is 3.28. The Balaban J connectivity index is 1.57. The van der Waals surface area contributed by atoms with Crippen LogP contribution in [-0.2, 0) is 11.3 Å². The molecule has 0 saturated heterocycles. The van der Waals surface area contributed by atoms with E-state index in [1.54, 1.807) is 7.11 Å². The van der Waals surface area contributed by atoms with Gasteiger partial charge in [0.05, 0.1) is 12.4 Å². The summed E-state index contributed by atoms with van der Waals surface area (Å²) in [4.78, 5) is 16.9. The minimum Gasteiger partial charge on any atom is -0.496 e. The van der Waals surface area contributed by atoms with Crippen molar-refractivity contribution < 1.29 is 9.53 Å². The van der Waals surface area contributed by atoms with Crippen LogP contribution in [0.15, 0.2) is 53.7 Å². The summed E-state index contributed by atoms with van der Waals surface area (Å²) < 4.78 is 5.31. The Labute approximate surface area is 162 Å². The molecule has 6 nitrogen and oxygen atoms in total. The lowest BCUT2D eigenvalue weighted by atomic mass is 10.1. The number of rotatable bonds is 7. The second-order valence-electron chi connectivity index (χ2n) is 6.12. The minimum absolute atomic E-state index is 0.0763. The monoisotopic (exact) mass is 382 g/mol. The normalized spacial score (nSPS) is 11.8. The first-order valence-electron chi connectivity index (χ1n) is 8.62. The molecule has 7 heteroatoms. The third-order valence-corrected chi connectivity index (χ3v) is 5.05. The second-order valence-corrected chi connectivity index (χ2v) is 7.43. The van der Waals surface area contributed by atoms with Crippen LogP contribution in [0.5, 0.6) is 5.75 Å². The first-order chi connectivity index (χ1) is 13.1. The lowest BCUT2D eigenvalue weighted by molar-refractivity contribution is -0.120. The molecule has 0 unspecified atom stereocenters. The molecule has 2 aromatic carbocycles. The summed E-state index contributed by atoms with van der Waals surface area (Å²) in [5.41, 5.74) is 3.09. The fraction of sp³-hybridized carbons (Fsp3) is 0.250. The second kappa shape index (κ2) is 8.73. The van der Waals surface area contributed by atoms with Gasteiger partial charge in [0.1, 0.15) is 5.75 Å². The molecule has 0 fully saturated rings. The Morgan fingerprint density at radius 3 is 2.70 bits per heavy atom.